The lowest BCUT2D eigenvalue weighted by molar-refractivity contribution is -0.172. The molecule has 3 aromatic rings. The number of nitrogens with zero attached hydrogens (tertiary/aromatic N) is 2. The topological polar surface area (TPSA) is 224 Å². The number of carbonyl (C=O) groups is 5. The number of carbonyl (C=O) groups excluding carboxylic acids is 4. The number of esters is 1. The Kier molecular flexibility index (Phi) is 13.1. The Bertz CT molecular complexity index is 2100. The maximum absolute atomic E-state index is 15.3. The molecule has 0 radical (unpaired) electrons. The summed E-state index contributed by atoms with van der Waals surface area (Å²) < 4.78 is 33.3. The second-order valence-electron chi connectivity index (χ2n) is 14.2. The van der Waals surface area contributed by atoms with E-state index in [1.54, 1.807) is 32.9 Å². The van der Waals surface area contributed by atoms with Crippen LogP contribution in [-0.4, -0.2) is 81.5 Å². The zero-order valence-electron chi connectivity index (χ0n) is 32.1. The van der Waals surface area contributed by atoms with Crippen molar-refractivity contribution in [1.82, 2.24) is 25.5 Å². The van der Waals surface area contributed by atoms with Gasteiger partial charge in [0.05, 0.1) is 42.2 Å². The van der Waals surface area contributed by atoms with E-state index in [-0.39, 0.29) is 87.1 Å². The van der Waals surface area contributed by atoms with Crippen LogP contribution in [0.1, 0.15) is 89.0 Å². The van der Waals surface area contributed by atoms with Gasteiger partial charge in [0, 0.05) is 41.8 Å². The highest BCUT2D eigenvalue weighted by Crippen LogP contribution is 2.41. The molecule has 5 N–H and O–H groups in total. The molecule has 0 fully saturated rings. The minimum Gasteiger partial charge on any atom is -0.490 e. The molecule has 3 amide bonds. The average Bonchev–Trinajstić information content (AvgIpc) is 3.52. The fourth-order valence-corrected chi connectivity index (χ4v) is 6.92. The second-order valence-corrected chi connectivity index (χ2v) is 14.2. The van der Waals surface area contributed by atoms with Crippen molar-refractivity contribution >= 4 is 40.6 Å². The molecule has 0 aliphatic carbocycles. The van der Waals surface area contributed by atoms with Crippen molar-refractivity contribution in [1.29, 1.82) is 0 Å². The monoisotopic (exact) mass is 781 g/mol. The number of rotatable bonds is 18. The van der Waals surface area contributed by atoms with E-state index in [0.29, 0.717) is 35.1 Å². The first-order valence-electron chi connectivity index (χ1n) is 18.7. The number of carboxylic acids is 1. The van der Waals surface area contributed by atoms with Crippen LogP contribution < -0.4 is 26.2 Å². The normalized spacial score (nSPS) is 16.7. The summed E-state index contributed by atoms with van der Waals surface area (Å²) >= 11 is 0. The molecule has 302 valence electrons. The van der Waals surface area contributed by atoms with E-state index in [9.17, 15) is 33.9 Å². The minimum atomic E-state index is -1.96. The molecule has 0 spiro atoms. The van der Waals surface area contributed by atoms with Gasteiger partial charge < -0.3 is 44.9 Å². The predicted octanol–water partition coefficient (Wildman–Crippen LogP) is 2.54. The van der Waals surface area contributed by atoms with Crippen molar-refractivity contribution in [2.24, 2.45) is 5.92 Å². The van der Waals surface area contributed by atoms with E-state index in [0.717, 1.165) is 11.1 Å². The molecule has 2 aliphatic heterocycles. The van der Waals surface area contributed by atoms with Crippen LogP contribution in [0.25, 0.3) is 22.3 Å². The van der Waals surface area contributed by atoms with Gasteiger partial charge in [-0.2, -0.15) is 0 Å². The number of halogens is 1. The third-order valence-electron chi connectivity index (χ3n) is 10.1. The number of hydrogen-bond donors (Lipinski definition) is 5. The molecule has 0 saturated heterocycles. The zero-order chi connectivity index (χ0) is 40.9. The first kappa shape index (κ1) is 41.7. The highest BCUT2D eigenvalue weighted by atomic mass is 19.1. The van der Waals surface area contributed by atoms with E-state index in [1.807, 2.05) is 6.92 Å². The number of carboxylic acid groups (broad SMARTS) is 1. The second kappa shape index (κ2) is 17.6. The number of aliphatic carboxylic acids is 1. The van der Waals surface area contributed by atoms with Crippen molar-refractivity contribution in [3.8, 4) is 17.1 Å². The summed E-state index contributed by atoms with van der Waals surface area (Å²) in [5, 5.41) is 28.3. The number of benzene rings is 1. The van der Waals surface area contributed by atoms with E-state index in [1.165, 1.54) is 17.6 Å². The minimum absolute atomic E-state index is 0.00906. The van der Waals surface area contributed by atoms with E-state index >= 15 is 4.39 Å². The van der Waals surface area contributed by atoms with Gasteiger partial charge in [0.15, 0.2) is 17.2 Å². The van der Waals surface area contributed by atoms with Crippen LogP contribution in [0.3, 0.4) is 0 Å². The van der Waals surface area contributed by atoms with Crippen molar-refractivity contribution in [3.05, 3.63) is 56.6 Å². The molecule has 0 bridgehead atoms. The standard InChI is InChI=1S/C39H48FN5O11/c1-6-22-23-14-30(55-13-9-12-54-19-41-35(49)21(5)42-36(50)33(20(3)4)44-31(46)10-8-11-32(47)48)27(40)16-28(23)43-34-24(22)17-45-29(34)15-26-25(37(45)51)18-56-38(52)39(26,53)7-2/h14-16,20-21,33,53H,6-13,17-19H2,1-5H3,(H,41,49)(H,42,50)(H,44,46)(H,47,48)/t21?,33?,39-/m0/s1. The fourth-order valence-electron chi connectivity index (χ4n) is 6.92. The summed E-state index contributed by atoms with van der Waals surface area (Å²) in [6.45, 7) is 8.58. The van der Waals surface area contributed by atoms with E-state index in [4.69, 9.17) is 24.3 Å². The molecule has 2 unspecified atom stereocenters. The summed E-state index contributed by atoms with van der Waals surface area (Å²) in [6, 6.07) is 2.62. The summed E-state index contributed by atoms with van der Waals surface area (Å²) in [6.07, 6.45) is 0.836. The molecule has 3 atom stereocenters. The lowest BCUT2D eigenvalue weighted by Gasteiger charge is -2.31. The van der Waals surface area contributed by atoms with Crippen molar-refractivity contribution in [3.63, 3.8) is 0 Å². The molecule has 1 aromatic carbocycles. The number of ether oxygens (including phenoxy) is 3. The SMILES string of the molecule is CCc1c2c(nc3cc(F)c(OCCCOCNC(=O)C(C)NC(=O)C(NC(=O)CCCC(=O)O)C(C)C)cc13)-c1cc3c(c(=O)n1C2)COC(=O)[C@]3(O)CC. The van der Waals surface area contributed by atoms with Crippen LogP contribution in [0.5, 0.6) is 5.75 Å². The molecule has 4 heterocycles. The smallest absolute Gasteiger partial charge is 0.343 e. The lowest BCUT2D eigenvalue weighted by Crippen LogP contribution is -2.54. The molecule has 2 aromatic heterocycles. The van der Waals surface area contributed by atoms with Crippen LogP contribution >= 0.6 is 0 Å². The molecule has 0 saturated carbocycles. The summed E-state index contributed by atoms with van der Waals surface area (Å²) in [4.78, 5) is 79.1. The summed E-state index contributed by atoms with van der Waals surface area (Å²) in [5.41, 5.74) is 0.989. The van der Waals surface area contributed by atoms with E-state index < -0.39 is 53.2 Å². The number of pyridine rings is 2. The van der Waals surface area contributed by atoms with E-state index in [2.05, 4.69) is 16.0 Å². The molecular formula is C39H48FN5O11. The lowest BCUT2D eigenvalue weighted by atomic mass is 9.86. The van der Waals surface area contributed by atoms with Gasteiger partial charge in [0.1, 0.15) is 25.4 Å². The van der Waals surface area contributed by atoms with Gasteiger partial charge in [-0.1, -0.05) is 27.7 Å². The van der Waals surface area contributed by atoms with Gasteiger partial charge in [-0.15, -0.1) is 0 Å². The van der Waals surface area contributed by atoms with Crippen LogP contribution in [0, 0.1) is 11.7 Å². The van der Waals surface area contributed by atoms with Crippen molar-refractivity contribution < 1.29 is 52.8 Å². The molecule has 56 heavy (non-hydrogen) atoms. The Morgan fingerprint density at radius 1 is 1.02 bits per heavy atom. The summed E-state index contributed by atoms with van der Waals surface area (Å²) in [7, 11) is 0. The first-order chi connectivity index (χ1) is 26.6. The first-order valence-corrected chi connectivity index (χ1v) is 18.7. The van der Waals surface area contributed by atoms with Crippen LogP contribution in [-0.2, 0) is 58.6 Å². The molecular weight excluding hydrogens is 733 g/mol. The fraction of sp³-hybridized carbons (Fsp3) is 0.513. The molecule has 16 nitrogen and oxygen atoms in total. The number of aryl methyl sites for hydroxylation is 1. The van der Waals surface area contributed by atoms with Crippen LogP contribution in [0.2, 0.25) is 0 Å². The average molecular weight is 782 g/mol. The number of hydrogen-bond acceptors (Lipinski definition) is 11. The van der Waals surface area contributed by atoms with Gasteiger partial charge in [0.2, 0.25) is 17.7 Å². The number of amides is 3. The van der Waals surface area contributed by atoms with Crippen LogP contribution in [0.4, 0.5) is 4.39 Å². The Morgan fingerprint density at radius 2 is 1.77 bits per heavy atom. The van der Waals surface area contributed by atoms with Crippen molar-refractivity contribution in [2.45, 2.75) is 104 Å². The Balaban J connectivity index is 1.14. The Morgan fingerprint density at radius 3 is 2.45 bits per heavy atom. The number of cyclic esters (lactones) is 1. The number of aliphatic hydroxyl groups is 1. The number of fused-ring (bicyclic) bond motifs is 5. The third kappa shape index (κ3) is 8.68. The quantitative estimate of drug-likeness (QED) is 0.0558. The number of nitrogens with one attached hydrogen (secondary N) is 3. The highest BCUT2D eigenvalue weighted by molar-refractivity contribution is 5.92. The molecule has 17 heteroatoms. The Hall–Kier alpha value is -5.42. The van der Waals surface area contributed by atoms with Gasteiger partial charge in [0.25, 0.3) is 5.56 Å². The van der Waals surface area contributed by atoms with Gasteiger partial charge in [-0.3, -0.25) is 24.0 Å². The molecule has 5 rings (SSSR count). The third-order valence-corrected chi connectivity index (χ3v) is 10.1. The number of aromatic nitrogens is 2. The maximum Gasteiger partial charge on any atom is 0.343 e. The highest BCUT2D eigenvalue weighted by Gasteiger charge is 2.45. The van der Waals surface area contributed by atoms with Crippen molar-refractivity contribution in [2.75, 3.05) is 19.9 Å². The van der Waals surface area contributed by atoms with Gasteiger partial charge in [-0.05, 0) is 49.8 Å². The largest absolute Gasteiger partial charge is 0.490 e. The maximum atomic E-state index is 15.3. The Labute approximate surface area is 322 Å². The zero-order valence-corrected chi connectivity index (χ0v) is 32.1. The summed E-state index contributed by atoms with van der Waals surface area (Å²) in [5.74, 6) is -4.29. The predicted molar refractivity (Wildman–Crippen MR) is 199 cm³/mol. The van der Waals surface area contributed by atoms with Gasteiger partial charge >= 0.3 is 11.9 Å². The molecule has 2 aliphatic rings. The van der Waals surface area contributed by atoms with Gasteiger partial charge in [-0.25, -0.2) is 14.2 Å². The van der Waals surface area contributed by atoms with Crippen LogP contribution in [0.15, 0.2) is 23.0 Å².